The largest absolute Gasteiger partial charge is 0.465 e. The van der Waals surface area contributed by atoms with E-state index >= 15 is 0 Å². The van der Waals surface area contributed by atoms with Crippen molar-refractivity contribution in [1.29, 1.82) is 0 Å². The van der Waals surface area contributed by atoms with E-state index in [1.807, 2.05) is 90.0 Å². The molecule has 0 bridgehead atoms. The molecule has 5 aromatic rings. The Morgan fingerprint density at radius 2 is 1.22 bits per heavy atom. The van der Waals surface area contributed by atoms with Gasteiger partial charge in [0.2, 0.25) is 0 Å². The third-order valence-corrected chi connectivity index (χ3v) is 7.56. The van der Waals surface area contributed by atoms with E-state index < -0.39 is 11.5 Å². The van der Waals surface area contributed by atoms with Crippen LogP contribution in [0.3, 0.4) is 0 Å². The molecule has 1 aliphatic rings. The Balaban J connectivity index is 1.45. The lowest BCUT2D eigenvalue weighted by Crippen LogP contribution is -2.57. The van der Waals surface area contributed by atoms with Crippen molar-refractivity contribution in [2.24, 2.45) is 5.10 Å². The molecule has 0 radical (unpaired) electrons. The summed E-state index contributed by atoms with van der Waals surface area (Å²) in [4.78, 5) is 12.0. The predicted molar refractivity (Wildman–Crippen MR) is 162 cm³/mol. The van der Waals surface area contributed by atoms with Crippen molar-refractivity contribution in [3.05, 3.63) is 166 Å². The van der Waals surface area contributed by atoms with E-state index in [2.05, 4.69) is 47.4 Å². The summed E-state index contributed by atoms with van der Waals surface area (Å²) in [6, 6.07) is 44.1. The fraction of sp³-hybridized carbons (Fsp3) is 0.0588. The normalized spacial score (nSPS) is 13.2. The summed E-state index contributed by atoms with van der Waals surface area (Å²) in [5, 5.41) is 7.16. The molecular formula is C34H27ClN4O2. The number of hydrazone groups is 1. The molecule has 202 valence electrons. The number of nitrogens with zero attached hydrogens (tertiary/aromatic N) is 2. The second kappa shape index (κ2) is 11.3. The van der Waals surface area contributed by atoms with E-state index in [1.165, 1.54) is 7.11 Å². The van der Waals surface area contributed by atoms with Gasteiger partial charge in [0.1, 0.15) is 5.54 Å². The number of amidine groups is 1. The van der Waals surface area contributed by atoms with E-state index in [1.54, 1.807) is 12.1 Å². The van der Waals surface area contributed by atoms with Gasteiger partial charge in [-0.05, 0) is 34.4 Å². The quantitative estimate of drug-likeness (QED) is 0.170. The Kier molecular flexibility index (Phi) is 7.25. The summed E-state index contributed by atoms with van der Waals surface area (Å²) in [6.45, 7) is 0. The van der Waals surface area contributed by atoms with E-state index in [4.69, 9.17) is 21.4 Å². The van der Waals surface area contributed by atoms with Crippen LogP contribution in [0.5, 0.6) is 0 Å². The number of hydrogen-bond donors (Lipinski definition) is 2. The SMILES string of the molecule is COC(=O)c1ccc(-c2ccccc2C2=NNN(C(c3ccccc3)(c3ccccc3)c3ccccc3)N2)c(Cl)c1. The van der Waals surface area contributed by atoms with Crippen molar-refractivity contribution in [2.45, 2.75) is 5.54 Å². The molecule has 0 unspecified atom stereocenters. The molecule has 0 spiro atoms. The Morgan fingerprint density at radius 3 is 1.73 bits per heavy atom. The third kappa shape index (κ3) is 4.73. The predicted octanol–water partition coefficient (Wildman–Crippen LogP) is 6.77. The molecule has 0 amide bonds. The van der Waals surface area contributed by atoms with Gasteiger partial charge in [0.25, 0.3) is 0 Å². The lowest BCUT2D eigenvalue weighted by atomic mass is 9.77. The topological polar surface area (TPSA) is 66.0 Å². The zero-order valence-electron chi connectivity index (χ0n) is 22.3. The molecule has 6 nitrogen and oxygen atoms in total. The fourth-order valence-electron chi connectivity index (χ4n) is 5.36. The van der Waals surface area contributed by atoms with Crippen molar-refractivity contribution in [1.82, 2.24) is 16.1 Å². The fourth-order valence-corrected chi connectivity index (χ4v) is 5.65. The molecule has 6 rings (SSSR count). The molecule has 1 heterocycles. The Hall–Kier alpha value is -4.91. The van der Waals surface area contributed by atoms with Gasteiger partial charge in [-0.1, -0.05) is 138 Å². The Labute approximate surface area is 243 Å². The highest BCUT2D eigenvalue weighted by molar-refractivity contribution is 6.34. The van der Waals surface area contributed by atoms with Gasteiger partial charge < -0.3 is 4.74 Å². The van der Waals surface area contributed by atoms with Crippen LogP contribution < -0.4 is 11.0 Å². The maximum absolute atomic E-state index is 12.0. The Morgan fingerprint density at radius 1 is 0.707 bits per heavy atom. The van der Waals surface area contributed by atoms with Crippen molar-refractivity contribution < 1.29 is 9.53 Å². The van der Waals surface area contributed by atoms with Crippen LogP contribution in [-0.2, 0) is 10.3 Å². The molecule has 0 aromatic heterocycles. The van der Waals surface area contributed by atoms with Gasteiger partial charge in [0.15, 0.2) is 5.84 Å². The van der Waals surface area contributed by atoms with Crippen LogP contribution in [0.25, 0.3) is 11.1 Å². The number of esters is 1. The van der Waals surface area contributed by atoms with E-state index in [0.717, 1.165) is 33.4 Å². The van der Waals surface area contributed by atoms with Gasteiger partial charge in [0.05, 0.1) is 12.7 Å². The minimum absolute atomic E-state index is 0.390. The van der Waals surface area contributed by atoms with Crippen molar-refractivity contribution in [2.75, 3.05) is 7.11 Å². The second-order valence-electron chi connectivity index (χ2n) is 9.55. The van der Waals surface area contributed by atoms with Crippen molar-refractivity contribution in [3.63, 3.8) is 0 Å². The lowest BCUT2D eigenvalue weighted by Gasteiger charge is -2.42. The molecule has 41 heavy (non-hydrogen) atoms. The van der Waals surface area contributed by atoms with Crippen LogP contribution in [0, 0.1) is 0 Å². The molecule has 5 aromatic carbocycles. The number of carbonyl (C=O) groups excluding carboxylic acids is 1. The van der Waals surface area contributed by atoms with E-state index in [9.17, 15) is 4.79 Å². The molecule has 2 N–H and O–H groups in total. The first-order valence-electron chi connectivity index (χ1n) is 13.2. The van der Waals surface area contributed by atoms with Gasteiger partial charge in [0, 0.05) is 16.1 Å². The van der Waals surface area contributed by atoms with Crippen LogP contribution in [0.2, 0.25) is 5.02 Å². The van der Waals surface area contributed by atoms with E-state index in [0.29, 0.717) is 16.4 Å². The first-order chi connectivity index (χ1) is 20.1. The maximum Gasteiger partial charge on any atom is 0.337 e. The van der Waals surface area contributed by atoms with Gasteiger partial charge in [-0.2, -0.15) is 0 Å². The van der Waals surface area contributed by atoms with Crippen LogP contribution in [0.4, 0.5) is 0 Å². The number of nitrogens with one attached hydrogen (secondary N) is 2. The standard InChI is InChI=1S/C34H27ClN4O2/c1-41-33(40)24-21-22-29(31(35)23-24)28-19-11-12-20-30(28)32-36-38-39(37-32)34(25-13-5-2-6-14-25,26-15-7-3-8-16-26)27-17-9-4-10-18-27/h2-23,38H,1H3,(H,36,37). The summed E-state index contributed by atoms with van der Waals surface area (Å²) >= 11 is 6.69. The maximum atomic E-state index is 12.0. The lowest BCUT2D eigenvalue weighted by molar-refractivity contribution is 0.0600. The van der Waals surface area contributed by atoms with E-state index in [-0.39, 0.29) is 0 Å². The van der Waals surface area contributed by atoms with Gasteiger partial charge >= 0.3 is 5.97 Å². The summed E-state index contributed by atoms with van der Waals surface area (Å²) in [5.41, 5.74) is 12.1. The summed E-state index contributed by atoms with van der Waals surface area (Å²) < 4.78 is 4.85. The van der Waals surface area contributed by atoms with Crippen LogP contribution in [0.15, 0.2) is 139 Å². The molecule has 0 saturated carbocycles. The number of halogens is 1. The summed E-state index contributed by atoms with van der Waals surface area (Å²) in [6.07, 6.45) is 0. The number of rotatable bonds is 7. The number of hydrogen-bond acceptors (Lipinski definition) is 6. The highest BCUT2D eigenvalue weighted by Crippen LogP contribution is 2.42. The number of carbonyl (C=O) groups is 1. The molecule has 1 aliphatic heterocycles. The van der Waals surface area contributed by atoms with Gasteiger partial charge in [-0.3, -0.25) is 5.43 Å². The van der Waals surface area contributed by atoms with Crippen molar-refractivity contribution >= 4 is 23.4 Å². The number of methoxy groups -OCH3 is 1. The minimum atomic E-state index is -0.774. The smallest absolute Gasteiger partial charge is 0.337 e. The molecule has 0 atom stereocenters. The van der Waals surface area contributed by atoms with Crippen molar-refractivity contribution in [3.8, 4) is 11.1 Å². The number of hydrazine groups is 2. The average molecular weight is 559 g/mol. The van der Waals surface area contributed by atoms with Gasteiger partial charge in [-0.25, -0.2) is 10.3 Å². The molecule has 0 saturated heterocycles. The highest BCUT2D eigenvalue weighted by Gasteiger charge is 2.45. The molecule has 0 fully saturated rings. The average Bonchev–Trinajstić information content (AvgIpc) is 3.53. The molecule has 0 aliphatic carbocycles. The van der Waals surface area contributed by atoms with Crippen LogP contribution in [-0.4, -0.2) is 24.0 Å². The van der Waals surface area contributed by atoms with Crippen LogP contribution >= 0.6 is 11.6 Å². The van der Waals surface area contributed by atoms with Gasteiger partial charge in [-0.15, -0.1) is 5.10 Å². The molecular weight excluding hydrogens is 532 g/mol. The second-order valence-corrected chi connectivity index (χ2v) is 9.96. The minimum Gasteiger partial charge on any atom is -0.465 e. The molecule has 7 heteroatoms. The zero-order valence-corrected chi connectivity index (χ0v) is 23.0. The zero-order chi connectivity index (χ0) is 28.2. The third-order valence-electron chi connectivity index (χ3n) is 7.25. The number of ether oxygens (including phenoxy) is 1. The monoisotopic (exact) mass is 558 g/mol. The summed E-state index contributed by atoms with van der Waals surface area (Å²) in [7, 11) is 1.35. The van der Waals surface area contributed by atoms with Crippen LogP contribution in [0.1, 0.15) is 32.6 Å². The first-order valence-corrected chi connectivity index (χ1v) is 13.5. The first kappa shape index (κ1) is 26.3. The Bertz CT molecular complexity index is 1610. The number of benzene rings is 5. The highest BCUT2D eigenvalue weighted by atomic mass is 35.5. The summed E-state index contributed by atoms with van der Waals surface area (Å²) in [5.74, 6) is 0.188.